The van der Waals surface area contributed by atoms with E-state index in [4.69, 9.17) is 4.74 Å². The van der Waals surface area contributed by atoms with Gasteiger partial charge >= 0.3 is 0 Å². The van der Waals surface area contributed by atoms with Crippen LogP contribution in [0.5, 0.6) is 0 Å². The van der Waals surface area contributed by atoms with E-state index in [1.54, 1.807) is 0 Å². The highest BCUT2D eigenvalue weighted by Crippen LogP contribution is 2.35. The predicted molar refractivity (Wildman–Crippen MR) is 69.0 cm³/mol. The average Bonchev–Trinajstić information content (AvgIpc) is 2.32. The number of rotatable bonds is 2. The number of aliphatic hydroxyl groups is 1. The molecule has 0 aliphatic carbocycles. The Labute approximate surface area is 104 Å². The molecule has 1 heterocycles. The summed E-state index contributed by atoms with van der Waals surface area (Å²) in [6, 6.07) is 6.18. The summed E-state index contributed by atoms with van der Waals surface area (Å²) in [4.78, 5) is 0. The fourth-order valence-electron chi connectivity index (χ4n) is 2.69. The minimum absolute atomic E-state index is 0.323. The van der Waals surface area contributed by atoms with Crippen LogP contribution in [0.25, 0.3) is 0 Å². The molecule has 0 spiro atoms. The van der Waals surface area contributed by atoms with Crippen molar-refractivity contribution in [3.05, 3.63) is 34.9 Å². The Morgan fingerprint density at radius 1 is 1.35 bits per heavy atom. The van der Waals surface area contributed by atoms with Crippen molar-refractivity contribution in [2.75, 3.05) is 13.2 Å². The SMILES string of the molecule is Cc1cccc(C(O)C2CCOCC2C)c1C. The van der Waals surface area contributed by atoms with Crippen LogP contribution in [0.2, 0.25) is 0 Å². The van der Waals surface area contributed by atoms with E-state index >= 15 is 0 Å². The van der Waals surface area contributed by atoms with Crippen LogP contribution in [0.4, 0.5) is 0 Å². The maximum absolute atomic E-state index is 10.6. The molecule has 1 N–H and O–H groups in total. The lowest BCUT2D eigenvalue weighted by atomic mass is 9.81. The van der Waals surface area contributed by atoms with Gasteiger partial charge in [-0.1, -0.05) is 25.1 Å². The van der Waals surface area contributed by atoms with Crippen molar-refractivity contribution in [2.24, 2.45) is 11.8 Å². The molecule has 1 aliphatic heterocycles. The smallest absolute Gasteiger partial charge is 0.0825 e. The van der Waals surface area contributed by atoms with Crippen LogP contribution < -0.4 is 0 Å². The third-order valence-corrected chi connectivity index (χ3v) is 4.08. The molecule has 2 nitrogen and oxygen atoms in total. The highest BCUT2D eigenvalue weighted by atomic mass is 16.5. The number of hydrogen-bond donors (Lipinski definition) is 1. The first-order valence-electron chi connectivity index (χ1n) is 6.43. The fraction of sp³-hybridized carbons (Fsp3) is 0.600. The summed E-state index contributed by atoms with van der Waals surface area (Å²) in [6.45, 7) is 7.90. The quantitative estimate of drug-likeness (QED) is 0.852. The topological polar surface area (TPSA) is 29.5 Å². The largest absolute Gasteiger partial charge is 0.388 e. The summed E-state index contributed by atoms with van der Waals surface area (Å²) in [5.41, 5.74) is 3.56. The lowest BCUT2D eigenvalue weighted by Crippen LogP contribution is -2.30. The fourth-order valence-corrected chi connectivity index (χ4v) is 2.69. The monoisotopic (exact) mass is 234 g/mol. The van der Waals surface area contributed by atoms with E-state index in [0.29, 0.717) is 11.8 Å². The van der Waals surface area contributed by atoms with Gasteiger partial charge in [-0.25, -0.2) is 0 Å². The van der Waals surface area contributed by atoms with Gasteiger partial charge in [0.1, 0.15) is 0 Å². The number of aryl methyl sites for hydroxylation is 1. The van der Waals surface area contributed by atoms with Gasteiger partial charge < -0.3 is 9.84 Å². The standard InChI is InChI=1S/C15H22O2/c1-10-5-4-6-14(12(10)3)15(16)13-7-8-17-9-11(13)2/h4-6,11,13,15-16H,7-9H2,1-3H3. The summed E-state index contributed by atoms with van der Waals surface area (Å²) in [7, 11) is 0. The normalized spacial score (nSPS) is 26.8. The maximum atomic E-state index is 10.6. The zero-order chi connectivity index (χ0) is 12.4. The Bertz CT molecular complexity index is 387. The van der Waals surface area contributed by atoms with Crippen LogP contribution in [-0.4, -0.2) is 18.3 Å². The third kappa shape index (κ3) is 2.53. The molecule has 94 valence electrons. The van der Waals surface area contributed by atoms with E-state index in [9.17, 15) is 5.11 Å². The van der Waals surface area contributed by atoms with Crippen LogP contribution in [0.1, 0.15) is 36.1 Å². The van der Waals surface area contributed by atoms with Gasteiger partial charge in [0, 0.05) is 13.2 Å². The maximum Gasteiger partial charge on any atom is 0.0825 e. The van der Waals surface area contributed by atoms with Crippen molar-refractivity contribution < 1.29 is 9.84 Å². The summed E-state index contributed by atoms with van der Waals surface area (Å²) >= 11 is 0. The summed E-state index contributed by atoms with van der Waals surface area (Å²) in [6.07, 6.45) is 0.601. The van der Waals surface area contributed by atoms with Crippen molar-refractivity contribution in [2.45, 2.75) is 33.3 Å². The second kappa shape index (κ2) is 5.19. The Hall–Kier alpha value is -0.860. The molecule has 0 aromatic heterocycles. The van der Waals surface area contributed by atoms with Gasteiger partial charge in [-0.05, 0) is 48.8 Å². The molecule has 1 aromatic rings. The van der Waals surface area contributed by atoms with Crippen LogP contribution >= 0.6 is 0 Å². The second-order valence-electron chi connectivity index (χ2n) is 5.24. The van der Waals surface area contributed by atoms with Gasteiger partial charge in [0.15, 0.2) is 0 Å². The third-order valence-electron chi connectivity index (χ3n) is 4.08. The van der Waals surface area contributed by atoms with Crippen molar-refractivity contribution in [3.63, 3.8) is 0 Å². The molecule has 2 heteroatoms. The molecule has 0 saturated carbocycles. The predicted octanol–water partition coefficient (Wildman–Crippen LogP) is 3.01. The first kappa shape index (κ1) is 12.6. The number of ether oxygens (including phenoxy) is 1. The van der Waals surface area contributed by atoms with Crippen LogP contribution in [0.15, 0.2) is 18.2 Å². The molecule has 1 aromatic carbocycles. The molecule has 0 amide bonds. The lowest BCUT2D eigenvalue weighted by molar-refractivity contribution is -0.0312. The van der Waals surface area contributed by atoms with Gasteiger partial charge in [-0.15, -0.1) is 0 Å². The van der Waals surface area contributed by atoms with E-state index in [1.165, 1.54) is 11.1 Å². The molecule has 1 aliphatic rings. The Morgan fingerprint density at radius 3 is 2.82 bits per heavy atom. The molecule has 0 bridgehead atoms. The van der Waals surface area contributed by atoms with Gasteiger partial charge in [0.2, 0.25) is 0 Å². The average molecular weight is 234 g/mol. The van der Waals surface area contributed by atoms with Crippen molar-refractivity contribution in [1.29, 1.82) is 0 Å². The lowest BCUT2D eigenvalue weighted by Gasteiger charge is -2.33. The molecule has 1 saturated heterocycles. The van der Waals surface area contributed by atoms with E-state index in [2.05, 4.69) is 32.9 Å². The molecule has 2 rings (SSSR count). The van der Waals surface area contributed by atoms with E-state index in [-0.39, 0.29) is 6.10 Å². The van der Waals surface area contributed by atoms with Crippen LogP contribution in [-0.2, 0) is 4.74 Å². The van der Waals surface area contributed by atoms with E-state index in [1.807, 2.05) is 6.07 Å². The number of aliphatic hydroxyl groups excluding tert-OH is 1. The summed E-state index contributed by atoms with van der Waals surface area (Å²) in [5, 5.41) is 10.6. The molecule has 3 unspecified atom stereocenters. The molecule has 3 atom stereocenters. The first-order chi connectivity index (χ1) is 8.11. The minimum Gasteiger partial charge on any atom is -0.388 e. The zero-order valence-corrected chi connectivity index (χ0v) is 10.9. The van der Waals surface area contributed by atoms with Crippen LogP contribution in [0.3, 0.4) is 0 Å². The Kier molecular flexibility index (Phi) is 3.85. The van der Waals surface area contributed by atoms with Crippen molar-refractivity contribution in [3.8, 4) is 0 Å². The van der Waals surface area contributed by atoms with Crippen molar-refractivity contribution >= 4 is 0 Å². The molecular weight excluding hydrogens is 212 g/mol. The molecule has 0 radical (unpaired) electrons. The summed E-state index contributed by atoms with van der Waals surface area (Å²) < 4.78 is 5.44. The van der Waals surface area contributed by atoms with Crippen molar-refractivity contribution in [1.82, 2.24) is 0 Å². The zero-order valence-electron chi connectivity index (χ0n) is 10.9. The first-order valence-corrected chi connectivity index (χ1v) is 6.43. The highest BCUT2D eigenvalue weighted by Gasteiger charge is 2.30. The van der Waals surface area contributed by atoms with Gasteiger partial charge in [-0.2, -0.15) is 0 Å². The van der Waals surface area contributed by atoms with E-state index in [0.717, 1.165) is 25.2 Å². The van der Waals surface area contributed by atoms with Gasteiger partial charge in [-0.3, -0.25) is 0 Å². The van der Waals surface area contributed by atoms with Gasteiger partial charge in [0.25, 0.3) is 0 Å². The highest BCUT2D eigenvalue weighted by molar-refractivity contribution is 5.35. The molecule has 17 heavy (non-hydrogen) atoms. The molecular formula is C15H22O2. The Balaban J connectivity index is 2.23. The minimum atomic E-state index is -0.353. The summed E-state index contributed by atoms with van der Waals surface area (Å²) in [5.74, 6) is 0.753. The van der Waals surface area contributed by atoms with Crippen LogP contribution in [0, 0.1) is 25.7 Å². The second-order valence-corrected chi connectivity index (χ2v) is 5.24. The molecule has 1 fully saturated rings. The Morgan fingerprint density at radius 2 is 2.12 bits per heavy atom. The van der Waals surface area contributed by atoms with Gasteiger partial charge in [0.05, 0.1) is 6.10 Å². The van der Waals surface area contributed by atoms with E-state index < -0.39 is 0 Å². The number of hydrogen-bond acceptors (Lipinski definition) is 2. The number of benzene rings is 1.